The number of nitrogens with one attached hydrogen (secondary N) is 3. The van der Waals surface area contributed by atoms with E-state index in [2.05, 4.69) is 16.0 Å². The van der Waals surface area contributed by atoms with E-state index in [1.807, 2.05) is 54.6 Å². The van der Waals surface area contributed by atoms with Gasteiger partial charge in [0.15, 0.2) is 5.11 Å². The highest BCUT2D eigenvalue weighted by molar-refractivity contribution is 8.00. The topological polar surface area (TPSA) is 53.2 Å². The van der Waals surface area contributed by atoms with Crippen LogP contribution < -0.4 is 16.0 Å². The first-order chi connectivity index (χ1) is 14.0. The highest BCUT2D eigenvalue weighted by Crippen LogP contribution is 2.22. The van der Waals surface area contributed by atoms with Gasteiger partial charge in [-0.3, -0.25) is 4.79 Å². The summed E-state index contributed by atoms with van der Waals surface area (Å²) >= 11 is 12.4. The summed E-state index contributed by atoms with van der Waals surface area (Å²) < 4.78 is 13.2. The number of thiocarbonyl (C=S) groups is 1. The van der Waals surface area contributed by atoms with Gasteiger partial charge < -0.3 is 16.0 Å². The van der Waals surface area contributed by atoms with Gasteiger partial charge in [0.2, 0.25) is 5.91 Å². The average Bonchev–Trinajstić information content (AvgIpc) is 2.71. The number of amides is 1. The number of carbonyl (C=O) groups excluding carboxylic acids is 1. The molecule has 1 amide bonds. The zero-order chi connectivity index (χ0) is 20.6. The number of anilines is 3. The molecule has 0 aliphatic rings. The average molecular weight is 446 g/mol. The summed E-state index contributed by atoms with van der Waals surface area (Å²) in [6.07, 6.45) is 0. The van der Waals surface area contributed by atoms with Gasteiger partial charge in [-0.2, -0.15) is 0 Å². The molecule has 3 aromatic rings. The summed E-state index contributed by atoms with van der Waals surface area (Å²) in [6.45, 7) is 0. The Morgan fingerprint density at radius 3 is 2.17 bits per heavy atom. The maximum absolute atomic E-state index is 13.2. The number of para-hydroxylation sites is 1. The lowest BCUT2D eigenvalue weighted by Gasteiger charge is -2.11. The van der Waals surface area contributed by atoms with Crippen LogP contribution in [0, 0.1) is 5.82 Å². The molecular formula is C21H17ClFN3OS2. The Balaban J connectivity index is 1.46. The van der Waals surface area contributed by atoms with Crippen molar-refractivity contribution in [2.24, 2.45) is 0 Å². The Kier molecular flexibility index (Phi) is 7.46. The second-order valence-electron chi connectivity index (χ2n) is 5.94. The number of benzene rings is 3. The largest absolute Gasteiger partial charge is 0.332 e. The van der Waals surface area contributed by atoms with Crippen molar-refractivity contribution in [2.75, 3.05) is 21.7 Å². The van der Waals surface area contributed by atoms with Crippen LogP contribution in [0.5, 0.6) is 0 Å². The molecule has 0 saturated heterocycles. The van der Waals surface area contributed by atoms with Crippen molar-refractivity contribution in [1.82, 2.24) is 0 Å². The molecular weight excluding hydrogens is 429 g/mol. The highest BCUT2D eigenvalue weighted by Gasteiger charge is 2.07. The zero-order valence-electron chi connectivity index (χ0n) is 15.1. The van der Waals surface area contributed by atoms with Gasteiger partial charge in [-0.05, 0) is 66.8 Å². The van der Waals surface area contributed by atoms with Crippen molar-refractivity contribution >= 4 is 63.7 Å². The number of carbonyl (C=O) groups is 1. The van der Waals surface area contributed by atoms with Crippen molar-refractivity contribution in [3.05, 3.63) is 83.6 Å². The molecule has 0 aromatic heterocycles. The molecule has 0 saturated carbocycles. The third kappa shape index (κ3) is 6.74. The van der Waals surface area contributed by atoms with Crippen molar-refractivity contribution < 1.29 is 9.18 Å². The van der Waals surface area contributed by atoms with E-state index >= 15 is 0 Å². The second kappa shape index (κ2) is 10.2. The Bertz CT molecular complexity index is 1000. The first-order valence-corrected chi connectivity index (χ1v) is 10.4. The molecule has 0 spiro atoms. The Labute approximate surface area is 182 Å². The van der Waals surface area contributed by atoms with Crippen LogP contribution in [0.1, 0.15) is 0 Å². The molecule has 0 aliphatic carbocycles. The molecule has 3 aromatic carbocycles. The smallest absolute Gasteiger partial charge is 0.234 e. The van der Waals surface area contributed by atoms with Crippen molar-refractivity contribution in [3.8, 4) is 0 Å². The summed E-state index contributed by atoms with van der Waals surface area (Å²) in [4.78, 5) is 13.0. The molecule has 3 rings (SSSR count). The van der Waals surface area contributed by atoms with Crippen LogP contribution in [0.3, 0.4) is 0 Å². The first kappa shape index (κ1) is 21.1. The van der Waals surface area contributed by atoms with Crippen LogP contribution in [0.25, 0.3) is 0 Å². The molecule has 3 N–H and O–H groups in total. The molecule has 0 fully saturated rings. The minimum absolute atomic E-state index is 0.0294. The van der Waals surface area contributed by atoms with Crippen LogP contribution >= 0.6 is 35.6 Å². The fraction of sp³-hybridized carbons (Fsp3) is 0.0476. The van der Waals surface area contributed by atoms with E-state index in [1.54, 1.807) is 0 Å². The summed E-state index contributed by atoms with van der Waals surface area (Å²) in [6, 6.07) is 21.3. The second-order valence-corrected chi connectivity index (χ2v) is 7.80. The SMILES string of the molecule is O=C(CSc1ccc(NC(=S)Nc2ccccc2)cc1)Nc1ccc(F)c(Cl)c1. The summed E-state index contributed by atoms with van der Waals surface area (Å²) in [5.41, 5.74) is 2.21. The molecule has 0 heterocycles. The van der Waals surface area contributed by atoms with Crippen LogP contribution in [0.2, 0.25) is 5.02 Å². The number of hydrogen-bond donors (Lipinski definition) is 3. The van der Waals surface area contributed by atoms with Crippen LogP contribution in [0.15, 0.2) is 77.7 Å². The number of halogens is 2. The molecule has 0 radical (unpaired) electrons. The van der Waals surface area contributed by atoms with E-state index < -0.39 is 5.82 Å². The maximum Gasteiger partial charge on any atom is 0.234 e. The van der Waals surface area contributed by atoms with E-state index in [0.29, 0.717) is 10.8 Å². The minimum Gasteiger partial charge on any atom is -0.332 e. The normalized spacial score (nSPS) is 10.3. The van der Waals surface area contributed by atoms with Gasteiger partial charge in [0.25, 0.3) is 0 Å². The lowest BCUT2D eigenvalue weighted by molar-refractivity contribution is -0.113. The predicted octanol–water partition coefficient (Wildman–Crippen LogP) is 6.02. The fourth-order valence-electron chi connectivity index (χ4n) is 2.37. The molecule has 0 atom stereocenters. The van der Waals surface area contributed by atoms with Gasteiger partial charge in [0.1, 0.15) is 5.82 Å². The lowest BCUT2D eigenvalue weighted by Crippen LogP contribution is -2.18. The number of thioether (sulfide) groups is 1. The van der Waals surface area contributed by atoms with Gasteiger partial charge in [-0.1, -0.05) is 29.8 Å². The van der Waals surface area contributed by atoms with Gasteiger partial charge >= 0.3 is 0 Å². The standard InChI is InChI=1S/C21H17ClFN3OS2/c22-18-12-16(8-11-19(18)23)24-20(27)13-29-17-9-6-15(7-10-17)26-21(28)25-14-4-2-1-3-5-14/h1-12H,13H2,(H,24,27)(H2,25,26,28). The Hall–Kier alpha value is -2.61. The van der Waals surface area contributed by atoms with Crippen molar-refractivity contribution in [3.63, 3.8) is 0 Å². The lowest BCUT2D eigenvalue weighted by atomic mass is 10.3. The Morgan fingerprint density at radius 2 is 1.52 bits per heavy atom. The molecule has 0 unspecified atom stereocenters. The predicted molar refractivity (Wildman–Crippen MR) is 123 cm³/mol. The van der Waals surface area contributed by atoms with E-state index in [0.717, 1.165) is 16.3 Å². The summed E-state index contributed by atoms with van der Waals surface area (Å²) in [7, 11) is 0. The molecule has 0 bridgehead atoms. The van der Waals surface area contributed by atoms with E-state index in [-0.39, 0.29) is 16.7 Å². The van der Waals surface area contributed by atoms with E-state index in [9.17, 15) is 9.18 Å². The fourth-order valence-corrected chi connectivity index (χ4v) is 3.48. The molecule has 148 valence electrons. The van der Waals surface area contributed by atoms with Gasteiger partial charge in [0.05, 0.1) is 10.8 Å². The quantitative estimate of drug-likeness (QED) is 0.320. The third-order valence-corrected chi connectivity index (χ3v) is 5.22. The minimum atomic E-state index is -0.522. The molecule has 4 nitrogen and oxygen atoms in total. The van der Waals surface area contributed by atoms with Crippen molar-refractivity contribution in [2.45, 2.75) is 4.90 Å². The summed E-state index contributed by atoms with van der Waals surface area (Å²) in [5, 5.41) is 9.38. The third-order valence-electron chi connectivity index (χ3n) is 3.72. The van der Waals surface area contributed by atoms with Gasteiger partial charge in [-0.15, -0.1) is 11.8 Å². The van der Waals surface area contributed by atoms with E-state index in [1.165, 1.54) is 30.0 Å². The number of rotatable bonds is 6. The Morgan fingerprint density at radius 1 is 0.897 bits per heavy atom. The first-order valence-electron chi connectivity index (χ1n) is 8.60. The molecule has 8 heteroatoms. The number of hydrogen-bond acceptors (Lipinski definition) is 3. The summed E-state index contributed by atoms with van der Waals surface area (Å²) in [5.74, 6) is -0.505. The van der Waals surface area contributed by atoms with Gasteiger partial charge in [0, 0.05) is 22.0 Å². The van der Waals surface area contributed by atoms with Gasteiger partial charge in [-0.25, -0.2) is 4.39 Å². The zero-order valence-corrected chi connectivity index (χ0v) is 17.5. The molecule has 0 aliphatic heterocycles. The highest BCUT2D eigenvalue weighted by atomic mass is 35.5. The monoisotopic (exact) mass is 445 g/mol. The van der Waals surface area contributed by atoms with Crippen molar-refractivity contribution in [1.29, 1.82) is 0 Å². The maximum atomic E-state index is 13.2. The van der Waals surface area contributed by atoms with Crippen LogP contribution in [-0.2, 0) is 4.79 Å². The van der Waals surface area contributed by atoms with Crippen LogP contribution in [-0.4, -0.2) is 16.8 Å². The molecule has 29 heavy (non-hydrogen) atoms. The van der Waals surface area contributed by atoms with Crippen LogP contribution in [0.4, 0.5) is 21.5 Å². The van der Waals surface area contributed by atoms with E-state index in [4.69, 9.17) is 23.8 Å².